The highest BCUT2D eigenvalue weighted by molar-refractivity contribution is 5.93. The molecule has 1 aromatic rings. The van der Waals surface area contributed by atoms with Crippen LogP contribution in [0.25, 0.3) is 0 Å². The fraction of sp³-hybridized carbons (Fsp3) is 0.636. The summed E-state index contributed by atoms with van der Waals surface area (Å²) in [5.41, 5.74) is 1.28. The molecular weight excluding hydrogens is 234 g/mol. The van der Waals surface area contributed by atoms with Crippen LogP contribution in [-0.4, -0.2) is 41.9 Å². The molecule has 18 heavy (non-hydrogen) atoms. The zero-order valence-electron chi connectivity index (χ0n) is 11.2. The fourth-order valence-electron chi connectivity index (χ4n) is 1.20. The zero-order valence-corrected chi connectivity index (χ0v) is 11.2. The molecule has 0 aromatic carbocycles. The molecule has 0 saturated heterocycles. The SMILES string of the molecule is CCCCOC(=O)c1n[nH]c(C)c1N=NN(C)C. The van der Waals surface area contributed by atoms with E-state index < -0.39 is 5.97 Å². The lowest BCUT2D eigenvalue weighted by molar-refractivity contribution is 0.0493. The summed E-state index contributed by atoms with van der Waals surface area (Å²) < 4.78 is 5.09. The lowest BCUT2D eigenvalue weighted by Crippen LogP contribution is -2.07. The Morgan fingerprint density at radius 2 is 2.22 bits per heavy atom. The van der Waals surface area contributed by atoms with Crippen LogP contribution in [0.4, 0.5) is 5.69 Å². The molecule has 0 aliphatic rings. The highest BCUT2D eigenvalue weighted by Crippen LogP contribution is 2.22. The van der Waals surface area contributed by atoms with E-state index in [-0.39, 0.29) is 5.69 Å². The van der Waals surface area contributed by atoms with E-state index in [4.69, 9.17) is 4.74 Å². The summed E-state index contributed by atoms with van der Waals surface area (Å²) in [5, 5.41) is 16.0. The summed E-state index contributed by atoms with van der Waals surface area (Å²) in [6, 6.07) is 0. The number of H-pyrrole nitrogens is 1. The maximum Gasteiger partial charge on any atom is 0.361 e. The van der Waals surface area contributed by atoms with E-state index >= 15 is 0 Å². The number of esters is 1. The van der Waals surface area contributed by atoms with E-state index in [0.29, 0.717) is 18.0 Å². The van der Waals surface area contributed by atoms with Crippen molar-refractivity contribution in [2.24, 2.45) is 10.3 Å². The smallest absolute Gasteiger partial charge is 0.361 e. The molecule has 0 bridgehead atoms. The molecule has 0 unspecified atom stereocenters. The number of carbonyl (C=O) groups is 1. The molecule has 7 heteroatoms. The fourth-order valence-corrected chi connectivity index (χ4v) is 1.20. The monoisotopic (exact) mass is 253 g/mol. The molecular formula is C11H19N5O2. The van der Waals surface area contributed by atoms with E-state index in [1.54, 1.807) is 26.0 Å². The molecule has 0 aliphatic carbocycles. The Morgan fingerprint density at radius 3 is 2.83 bits per heavy atom. The zero-order chi connectivity index (χ0) is 13.5. The molecule has 1 rings (SSSR count). The van der Waals surface area contributed by atoms with Gasteiger partial charge in [-0.25, -0.2) is 4.79 Å². The maximum absolute atomic E-state index is 11.8. The van der Waals surface area contributed by atoms with Crippen molar-refractivity contribution in [3.8, 4) is 0 Å². The number of aromatic nitrogens is 2. The van der Waals surface area contributed by atoms with Crippen LogP contribution >= 0.6 is 0 Å². The first-order valence-corrected chi connectivity index (χ1v) is 5.87. The number of aryl methyl sites for hydroxylation is 1. The third kappa shape index (κ3) is 3.83. The van der Waals surface area contributed by atoms with Gasteiger partial charge in [0.05, 0.1) is 12.3 Å². The van der Waals surface area contributed by atoms with Crippen LogP contribution in [0.15, 0.2) is 10.3 Å². The van der Waals surface area contributed by atoms with E-state index in [9.17, 15) is 4.79 Å². The van der Waals surface area contributed by atoms with Gasteiger partial charge in [0.25, 0.3) is 0 Å². The van der Waals surface area contributed by atoms with Gasteiger partial charge in [-0.2, -0.15) is 5.10 Å². The van der Waals surface area contributed by atoms with Crippen molar-refractivity contribution < 1.29 is 9.53 Å². The van der Waals surface area contributed by atoms with Crippen LogP contribution < -0.4 is 0 Å². The van der Waals surface area contributed by atoms with Crippen LogP contribution in [0.1, 0.15) is 35.9 Å². The number of carbonyl (C=O) groups excluding carboxylic acids is 1. The summed E-state index contributed by atoms with van der Waals surface area (Å²) >= 11 is 0. The molecule has 1 heterocycles. The van der Waals surface area contributed by atoms with Gasteiger partial charge in [0.2, 0.25) is 0 Å². The molecule has 0 atom stereocenters. The molecule has 1 N–H and O–H groups in total. The molecule has 0 spiro atoms. The molecule has 1 aromatic heterocycles. The third-order valence-corrected chi connectivity index (χ3v) is 2.16. The number of hydrogen-bond acceptors (Lipinski definition) is 5. The van der Waals surface area contributed by atoms with E-state index in [1.165, 1.54) is 0 Å². The van der Waals surface area contributed by atoms with Crippen molar-refractivity contribution in [3.63, 3.8) is 0 Å². The number of hydrogen-bond donors (Lipinski definition) is 1. The number of rotatable bonds is 6. The summed E-state index contributed by atoms with van der Waals surface area (Å²) in [6.07, 6.45) is 1.81. The Morgan fingerprint density at radius 1 is 1.50 bits per heavy atom. The van der Waals surface area contributed by atoms with Crippen LogP contribution in [0.3, 0.4) is 0 Å². The molecule has 0 amide bonds. The van der Waals surface area contributed by atoms with Gasteiger partial charge in [0.1, 0.15) is 5.69 Å². The van der Waals surface area contributed by atoms with Crippen LogP contribution in [-0.2, 0) is 4.74 Å². The standard InChI is InChI=1S/C11H19N5O2/c1-5-6-7-18-11(17)10-9(8(2)12-13-10)14-15-16(3)4/h5-7H2,1-4H3,(H,12,13). The Bertz CT molecular complexity index is 425. The van der Waals surface area contributed by atoms with Crippen molar-refractivity contribution in [1.82, 2.24) is 15.2 Å². The quantitative estimate of drug-likeness (QED) is 0.365. The second kappa shape index (κ2) is 6.73. The normalized spacial score (nSPS) is 10.9. The van der Waals surface area contributed by atoms with Gasteiger partial charge in [-0.3, -0.25) is 10.1 Å². The number of aromatic amines is 1. The maximum atomic E-state index is 11.8. The van der Waals surface area contributed by atoms with Gasteiger partial charge in [-0.1, -0.05) is 18.6 Å². The van der Waals surface area contributed by atoms with Crippen molar-refractivity contribution in [3.05, 3.63) is 11.4 Å². The van der Waals surface area contributed by atoms with Gasteiger partial charge in [-0.15, -0.1) is 5.11 Å². The molecule has 0 saturated carbocycles. The minimum absolute atomic E-state index is 0.175. The minimum atomic E-state index is -0.472. The minimum Gasteiger partial charge on any atom is -0.461 e. The Hall–Kier alpha value is -1.92. The first-order chi connectivity index (χ1) is 8.56. The highest BCUT2D eigenvalue weighted by atomic mass is 16.5. The Labute approximate surface area is 106 Å². The van der Waals surface area contributed by atoms with Crippen molar-refractivity contribution >= 4 is 11.7 Å². The second-order valence-electron chi connectivity index (χ2n) is 4.07. The summed E-state index contributed by atoms with van der Waals surface area (Å²) in [6.45, 7) is 4.20. The van der Waals surface area contributed by atoms with E-state index in [2.05, 4.69) is 20.5 Å². The largest absolute Gasteiger partial charge is 0.461 e. The number of nitrogens with zero attached hydrogens (tertiary/aromatic N) is 4. The van der Waals surface area contributed by atoms with Gasteiger partial charge in [0.15, 0.2) is 5.69 Å². The van der Waals surface area contributed by atoms with Crippen molar-refractivity contribution in [2.45, 2.75) is 26.7 Å². The van der Waals surface area contributed by atoms with E-state index in [1.807, 2.05) is 6.92 Å². The second-order valence-corrected chi connectivity index (χ2v) is 4.07. The number of nitrogens with one attached hydrogen (secondary N) is 1. The van der Waals surface area contributed by atoms with Gasteiger partial charge >= 0.3 is 5.97 Å². The lowest BCUT2D eigenvalue weighted by Gasteiger charge is -2.03. The first kappa shape index (κ1) is 14.1. The van der Waals surface area contributed by atoms with Crippen LogP contribution in [0, 0.1) is 6.92 Å². The average molecular weight is 253 g/mol. The predicted octanol–water partition coefficient (Wildman–Crippen LogP) is 2.24. The first-order valence-electron chi connectivity index (χ1n) is 5.87. The highest BCUT2D eigenvalue weighted by Gasteiger charge is 2.19. The summed E-state index contributed by atoms with van der Waals surface area (Å²) in [4.78, 5) is 11.8. The van der Waals surface area contributed by atoms with Crippen LogP contribution in [0.5, 0.6) is 0 Å². The number of ether oxygens (including phenoxy) is 1. The summed E-state index contributed by atoms with van der Waals surface area (Å²) in [5.74, 6) is -0.472. The van der Waals surface area contributed by atoms with Crippen molar-refractivity contribution in [1.29, 1.82) is 0 Å². The molecule has 0 radical (unpaired) electrons. The Kier molecular flexibility index (Phi) is 5.29. The molecule has 7 nitrogen and oxygen atoms in total. The van der Waals surface area contributed by atoms with Gasteiger partial charge < -0.3 is 4.74 Å². The molecule has 0 fully saturated rings. The Balaban J connectivity index is 2.79. The lowest BCUT2D eigenvalue weighted by atomic mass is 10.3. The number of unbranched alkanes of at least 4 members (excludes halogenated alkanes) is 1. The topological polar surface area (TPSA) is 82.9 Å². The molecule has 0 aliphatic heterocycles. The van der Waals surface area contributed by atoms with Crippen molar-refractivity contribution in [2.75, 3.05) is 20.7 Å². The third-order valence-electron chi connectivity index (χ3n) is 2.16. The van der Waals surface area contributed by atoms with E-state index in [0.717, 1.165) is 12.8 Å². The molecule has 100 valence electrons. The van der Waals surface area contributed by atoms with Gasteiger partial charge in [-0.05, 0) is 13.3 Å². The van der Waals surface area contributed by atoms with Crippen LogP contribution in [0.2, 0.25) is 0 Å². The van der Waals surface area contributed by atoms with Gasteiger partial charge in [0, 0.05) is 14.1 Å². The summed E-state index contributed by atoms with van der Waals surface area (Å²) in [7, 11) is 3.50. The predicted molar refractivity (Wildman–Crippen MR) is 66.7 cm³/mol. The average Bonchev–Trinajstić information content (AvgIpc) is 2.68.